The Bertz CT molecular complexity index is 849. The quantitative estimate of drug-likeness (QED) is 0.328. The molecule has 188 valence electrons. The first kappa shape index (κ1) is 26.6. The van der Waals surface area contributed by atoms with Crippen molar-refractivity contribution >= 4 is 11.4 Å². The van der Waals surface area contributed by atoms with Gasteiger partial charge in [0.2, 0.25) is 0 Å². The first-order chi connectivity index (χ1) is 16.3. The number of aliphatic hydroxyl groups is 2. The Balaban J connectivity index is 1.74. The summed E-state index contributed by atoms with van der Waals surface area (Å²) in [5.41, 5.74) is 5.78. The minimum Gasteiger partial charge on any atom is -0.390 e. The van der Waals surface area contributed by atoms with Gasteiger partial charge in [0.05, 0.1) is 18.2 Å². The Labute approximate surface area is 207 Å². The summed E-state index contributed by atoms with van der Waals surface area (Å²) in [5, 5.41) is 25.7. The molecule has 0 spiro atoms. The predicted octanol–water partition coefficient (Wildman–Crippen LogP) is 6.64. The van der Waals surface area contributed by atoms with E-state index < -0.39 is 12.2 Å². The van der Waals surface area contributed by atoms with Crippen LogP contribution in [0.25, 0.3) is 0 Å². The largest absolute Gasteiger partial charge is 0.390 e. The van der Waals surface area contributed by atoms with E-state index in [-0.39, 0.29) is 12.0 Å². The Kier molecular flexibility index (Phi) is 9.44. The Hall–Kier alpha value is -2.04. The number of benzene rings is 2. The summed E-state index contributed by atoms with van der Waals surface area (Å²) in [6.45, 7) is 15.4. The second-order valence-corrected chi connectivity index (χ2v) is 10.6. The van der Waals surface area contributed by atoms with Crippen LogP contribution < -0.4 is 10.2 Å². The van der Waals surface area contributed by atoms with E-state index in [9.17, 15) is 10.2 Å². The molecular weight excluding hydrogens is 420 g/mol. The summed E-state index contributed by atoms with van der Waals surface area (Å²) in [6.07, 6.45) is 3.50. The topological polar surface area (TPSA) is 55.7 Å². The van der Waals surface area contributed by atoms with E-state index >= 15 is 0 Å². The lowest BCUT2D eigenvalue weighted by molar-refractivity contribution is -0.0662. The molecule has 2 unspecified atom stereocenters. The Morgan fingerprint density at radius 1 is 0.794 bits per heavy atom. The van der Waals surface area contributed by atoms with Crippen LogP contribution in [0.3, 0.4) is 0 Å². The number of hydrogen-bond donors (Lipinski definition) is 3. The molecular formula is C30H46N2O2. The smallest absolute Gasteiger partial charge is 0.0860 e. The van der Waals surface area contributed by atoms with E-state index in [1.165, 1.54) is 42.5 Å². The molecule has 0 saturated heterocycles. The molecule has 2 atom stereocenters. The van der Waals surface area contributed by atoms with Crippen molar-refractivity contribution < 1.29 is 10.2 Å². The molecule has 1 aliphatic carbocycles. The van der Waals surface area contributed by atoms with Gasteiger partial charge in [-0.25, -0.2) is 0 Å². The number of para-hydroxylation sites is 1. The third-order valence-electron chi connectivity index (χ3n) is 7.36. The summed E-state index contributed by atoms with van der Waals surface area (Å²) in [6, 6.07) is 14.5. The molecule has 4 nitrogen and oxygen atoms in total. The molecule has 0 aliphatic heterocycles. The van der Waals surface area contributed by atoms with Gasteiger partial charge in [0.1, 0.15) is 0 Å². The molecule has 0 heterocycles. The summed E-state index contributed by atoms with van der Waals surface area (Å²) in [7, 11) is 0. The summed E-state index contributed by atoms with van der Waals surface area (Å²) in [4.78, 5) is 2.46. The fraction of sp³-hybridized carbons (Fsp3) is 0.600. The van der Waals surface area contributed by atoms with Gasteiger partial charge in [-0.1, -0.05) is 84.7 Å². The third-order valence-corrected chi connectivity index (χ3v) is 7.36. The van der Waals surface area contributed by atoms with Gasteiger partial charge in [0, 0.05) is 30.4 Å². The predicted molar refractivity (Wildman–Crippen MR) is 145 cm³/mol. The van der Waals surface area contributed by atoms with Crippen LogP contribution in [0.5, 0.6) is 0 Å². The van der Waals surface area contributed by atoms with Crippen LogP contribution in [0.15, 0.2) is 42.5 Å². The average Bonchev–Trinajstić information content (AvgIpc) is 2.83. The molecule has 2 aromatic rings. The zero-order chi connectivity index (χ0) is 24.8. The number of nitrogens with zero attached hydrogens (tertiary/aromatic N) is 1. The number of hydrogen-bond acceptors (Lipinski definition) is 4. The molecule has 4 heteroatoms. The van der Waals surface area contributed by atoms with Crippen molar-refractivity contribution in [3.63, 3.8) is 0 Å². The number of nitrogens with one attached hydrogen (secondary N) is 1. The summed E-state index contributed by atoms with van der Waals surface area (Å²) in [5.74, 6) is 0.463. The lowest BCUT2D eigenvalue weighted by Crippen LogP contribution is -2.61. The molecule has 1 fully saturated rings. The highest BCUT2D eigenvalue weighted by atomic mass is 16.3. The normalized spacial score (nSPS) is 22.2. The molecule has 3 rings (SSSR count). The van der Waals surface area contributed by atoms with Crippen LogP contribution in [0.4, 0.5) is 11.4 Å². The lowest BCUT2D eigenvalue weighted by Gasteiger charge is -2.48. The van der Waals surface area contributed by atoms with Crippen LogP contribution in [0.2, 0.25) is 0 Å². The fourth-order valence-corrected chi connectivity index (χ4v) is 5.13. The maximum Gasteiger partial charge on any atom is 0.0860 e. The van der Waals surface area contributed by atoms with E-state index in [1.54, 1.807) is 0 Å². The molecule has 3 N–H and O–H groups in total. The maximum absolute atomic E-state index is 11.1. The first-order valence-corrected chi connectivity index (χ1v) is 13.4. The van der Waals surface area contributed by atoms with Crippen LogP contribution in [-0.4, -0.2) is 41.6 Å². The molecule has 34 heavy (non-hydrogen) atoms. The second-order valence-electron chi connectivity index (χ2n) is 10.6. The van der Waals surface area contributed by atoms with Gasteiger partial charge in [-0.15, -0.1) is 0 Å². The van der Waals surface area contributed by atoms with Crippen molar-refractivity contribution in [1.82, 2.24) is 0 Å². The van der Waals surface area contributed by atoms with Crippen molar-refractivity contribution in [2.75, 3.05) is 23.3 Å². The lowest BCUT2D eigenvalue weighted by atomic mass is 9.69. The zero-order valence-electron chi connectivity index (χ0n) is 22.1. The second kappa shape index (κ2) is 12.1. The van der Waals surface area contributed by atoms with Crippen molar-refractivity contribution in [2.24, 2.45) is 0 Å². The Morgan fingerprint density at radius 2 is 1.29 bits per heavy atom. The van der Waals surface area contributed by atoms with Crippen molar-refractivity contribution in [3.05, 3.63) is 59.2 Å². The molecule has 0 radical (unpaired) electrons. The van der Waals surface area contributed by atoms with E-state index in [2.05, 4.69) is 94.2 Å². The number of aliphatic hydroxyl groups excluding tert-OH is 2. The van der Waals surface area contributed by atoms with Crippen molar-refractivity contribution in [1.29, 1.82) is 0 Å². The van der Waals surface area contributed by atoms with Crippen molar-refractivity contribution in [3.8, 4) is 0 Å². The molecule has 2 aromatic carbocycles. The van der Waals surface area contributed by atoms with Gasteiger partial charge in [-0.05, 0) is 53.5 Å². The monoisotopic (exact) mass is 466 g/mol. The van der Waals surface area contributed by atoms with Crippen LogP contribution >= 0.6 is 0 Å². The van der Waals surface area contributed by atoms with Gasteiger partial charge < -0.3 is 20.4 Å². The molecule has 1 saturated carbocycles. The highest BCUT2D eigenvalue weighted by Gasteiger charge is 2.50. The van der Waals surface area contributed by atoms with Crippen LogP contribution in [0.1, 0.15) is 102 Å². The molecule has 0 aromatic heterocycles. The van der Waals surface area contributed by atoms with Gasteiger partial charge in [0.15, 0.2) is 0 Å². The standard InChI is InChI=1S/C30H46N2O2/c1-7-9-18-32(19-10-8-2)23-16-14-22(15-17-23)26-29(33)28(30(26)34)31-27-24(20(3)4)12-11-13-25(27)21(5)6/h11-17,20-21,26,28-31,33-34H,7-10,18-19H2,1-6H3. The minimum atomic E-state index is -0.627. The van der Waals surface area contributed by atoms with Gasteiger partial charge in [0.25, 0.3) is 0 Å². The van der Waals surface area contributed by atoms with E-state index in [4.69, 9.17) is 0 Å². The highest BCUT2D eigenvalue weighted by molar-refractivity contribution is 5.62. The van der Waals surface area contributed by atoms with Crippen LogP contribution in [-0.2, 0) is 0 Å². The van der Waals surface area contributed by atoms with Crippen LogP contribution in [0, 0.1) is 0 Å². The number of anilines is 2. The average molecular weight is 467 g/mol. The molecule has 1 aliphatic rings. The summed E-state index contributed by atoms with van der Waals surface area (Å²) < 4.78 is 0. The third kappa shape index (κ3) is 5.78. The first-order valence-electron chi connectivity index (χ1n) is 13.4. The SMILES string of the molecule is CCCCN(CCCC)c1ccc(C2C(O)C(Nc3c(C(C)C)cccc3C(C)C)C2O)cc1. The molecule has 0 amide bonds. The Morgan fingerprint density at radius 3 is 1.74 bits per heavy atom. The van der Waals surface area contributed by atoms with Gasteiger partial charge in [-0.2, -0.15) is 0 Å². The number of unbranched alkanes of at least 4 members (excludes halogenated alkanes) is 2. The zero-order valence-corrected chi connectivity index (χ0v) is 22.1. The van der Waals surface area contributed by atoms with Gasteiger partial charge >= 0.3 is 0 Å². The minimum absolute atomic E-state index is 0.264. The molecule has 0 bridgehead atoms. The van der Waals surface area contributed by atoms with E-state index in [0.29, 0.717) is 11.8 Å². The van der Waals surface area contributed by atoms with E-state index in [0.717, 1.165) is 24.3 Å². The number of rotatable bonds is 12. The highest BCUT2D eigenvalue weighted by Crippen LogP contribution is 2.42. The summed E-state index contributed by atoms with van der Waals surface area (Å²) >= 11 is 0. The maximum atomic E-state index is 11.1. The van der Waals surface area contributed by atoms with Crippen molar-refractivity contribution in [2.45, 2.75) is 103 Å². The van der Waals surface area contributed by atoms with Gasteiger partial charge in [-0.3, -0.25) is 0 Å². The fourth-order valence-electron chi connectivity index (χ4n) is 5.13. The van der Waals surface area contributed by atoms with E-state index in [1.807, 2.05) is 0 Å².